The fourth-order valence-corrected chi connectivity index (χ4v) is 6.14. The summed E-state index contributed by atoms with van der Waals surface area (Å²) in [6.07, 6.45) is 17.2. The second-order valence-electron chi connectivity index (χ2n) is 11.0. The van der Waals surface area contributed by atoms with Gasteiger partial charge in [0.15, 0.2) is 0 Å². The van der Waals surface area contributed by atoms with Gasteiger partial charge in [0.05, 0.1) is 5.56 Å². The Morgan fingerprint density at radius 1 is 0.771 bits per heavy atom. The SMILES string of the molecule is C=CCCC1CCC(CCC2CCC(c3cc(F)c(C#Cc4ccc(C)cc4)c(F)c3)CC2)CC1. The van der Waals surface area contributed by atoms with Crippen LogP contribution in [0.15, 0.2) is 49.1 Å². The Bertz CT molecular complexity index is 1000. The molecule has 0 aromatic heterocycles. The minimum atomic E-state index is -0.537. The molecule has 2 saturated carbocycles. The van der Waals surface area contributed by atoms with Crippen molar-refractivity contribution in [1.29, 1.82) is 0 Å². The molecule has 0 amide bonds. The number of hydrogen-bond acceptors (Lipinski definition) is 0. The summed E-state index contributed by atoms with van der Waals surface area (Å²) in [7, 11) is 0. The van der Waals surface area contributed by atoms with Crippen LogP contribution in [0.4, 0.5) is 8.78 Å². The van der Waals surface area contributed by atoms with Gasteiger partial charge < -0.3 is 0 Å². The van der Waals surface area contributed by atoms with Gasteiger partial charge in [0.2, 0.25) is 0 Å². The number of allylic oxidation sites excluding steroid dienone is 1. The average molecular weight is 475 g/mol. The van der Waals surface area contributed by atoms with E-state index in [1.54, 1.807) is 0 Å². The maximum absolute atomic E-state index is 14.8. The van der Waals surface area contributed by atoms with Crippen molar-refractivity contribution in [3.05, 3.63) is 82.9 Å². The first-order valence-corrected chi connectivity index (χ1v) is 13.7. The van der Waals surface area contributed by atoms with E-state index in [4.69, 9.17) is 0 Å². The Kier molecular flexibility index (Phi) is 9.19. The molecule has 186 valence electrons. The van der Waals surface area contributed by atoms with Crippen LogP contribution in [-0.4, -0.2) is 0 Å². The molecular formula is C33H40F2. The van der Waals surface area contributed by atoms with Gasteiger partial charge >= 0.3 is 0 Å². The Balaban J connectivity index is 1.26. The summed E-state index contributed by atoms with van der Waals surface area (Å²) >= 11 is 0. The van der Waals surface area contributed by atoms with E-state index < -0.39 is 11.6 Å². The molecule has 35 heavy (non-hydrogen) atoms. The van der Waals surface area contributed by atoms with Gasteiger partial charge in [-0.25, -0.2) is 8.78 Å². The van der Waals surface area contributed by atoms with Gasteiger partial charge in [-0.15, -0.1) is 6.58 Å². The number of hydrogen-bond donors (Lipinski definition) is 0. The summed E-state index contributed by atoms with van der Waals surface area (Å²) in [6.45, 7) is 5.86. The summed E-state index contributed by atoms with van der Waals surface area (Å²) in [5.74, 6) is 7.39. The van der Waals surface area contributed by atoms with Crippen LogP contribution in [0.2, 0.25) is 0 Å². The van der Waals surface area contributed by atoms with Crippen LogP contribution < -0.4 is 0 Å². The van der Waals surface area contributed by atoms with Gasteiger partial charge in [-0.3, -0.25) is 0 Å². The maximum Gasteiger partial charge on any atom is 0.142 e. The van der Waals surface area contributed by atoms with Gasteiger partial charge in [0.25, 0.3) is 0 Å². The molecule has 2 aliphatic rings. The number of rotatable bonds is 7. The van der Waals surface area contributed by atoms with Crippen LogP contribution in [0.5, 0.6) is 0 Å². The Morgan fingerprint density at radius 2 is 1.29 bits per heavy atom. The van der Waals surface area contributed by atoms with Crippen LogP contribution >= 0.6 is 0 Å². The van der Waals surface area contributed by atoms with Crippen molar-refractivity contribution in [2.24, 2.45) is 17.8 Å². The second kappa shape index (κ2) is 12.5. The largest absolute Gasteiger partial charge is 0.206 e. The van der Waals surface area contributed by atoms with Crippen molar-refractivity contribution < 1.29 is 8.78 Å². The highest BCUT2D eigenvalue weighted by atomic mass is 19.1. The van der Waals surface area contributed by atoms with E-state index in [0.29, 0.717) is 0 Å². The molecule has 0 bridgehead atoms. The molecule has 0 atom stereocenters. The van der Waals surface area contributed by atoms with Crippen molar-refractivity contribution >= 4 is 0 Å². The monoisotopic (exact) mass is 474 g/mol. The summed E-state index contributed by atoms with van der Waals surface area (Å²) < 4.78 is 29.6. The highest BCUT2D eigenvalue weighted by Gasteiger charge is 2.26. The molecule has 0 saturated heterocycles. The third-order valence-electron chi connectivity index (χ3n) is 8.49. The molecule has 0 N–H and O–H groups in total. The fourth-order valence-electron chi connectivity index (χ4n) is 6.14. The van der Waals surface area contributed by atoms with E-state index in [-0.39, 0.29) is 11.5 Å². The van der Waals surface area contributed by atoms with E-state index in [0.717, 1.165) is 53.7 Å². The molecule has 0 heterocycles. The van der Waals surface area contributed by atoms with E-state index in [1.807, 2.05) is 31.2 Å². The molecule has 4 rings (SSSR count). The highest BCUT2D eigenvalue weighted by molar-refractivity contribution is 5.45. The molecule has 2 aromatic carbocycles. The van der Waals surface area contributed by atoms with Crippen LogP contribution in [-0.2, 0) is 0 Å². The van der Waals surface area contributed by atoms with Crippen LogP contribution in [0.25, 0.3) is 0 Å². The zero-order chi connectivity index (χ0) is 24.6. The van der Waals surface area contributed by atoms with Gasteiger partial charge in [0, 0.05) is 5.56 Å². The molecule has 0 radical (unpaired) electrons. The lowest BCUT2D eigenvalue weighted by molar-refractivity contribution is 0.225. The topological polar surface area (TPSA) is 0 Å². The van der Waals surface area contributed by atoms with E-state index in [9.17, 15) is 8.78 Å². The Morgan fingerprint density at radius 3 is 1.83 bits per heavy atom. The van der Waals surface area contributed by atoms with Crippen molar-refractivity contribution in [3.8, 4) is 11.8 Å². The molecule has 2 fully saturated rings. The smallest absolute Gasteiger partial charge is 0.142 e. The van der Waals surface area contributed by atoms with E-state index >= 15 is 0 Å². The van der Waals surface area contributed by atoms with E-state index in [1.165, 1.54) is 69.9 Å². The number of benzene rings is 2. The van der Waals surface area contributed by atoms with Crippen molar-refractivity contribution in [1.82, 2.24) is 0 Å². The van der Waals surface area contributed by atoms with Crippen LogP contribution in [0.3, 0.4) is 0 Å². The normalized spacial score (nSPS) is 24.4. The van der Waals surface area contributed by atoms with Crippen molar-refractivity contribution in [2.45, 2.75) is 89.9 Å². The van der Waals surface area contributed by atoms with Crippen LogP contribution in [0.1, 0.15) is 105 Å². The quantitative estimate of drug-likeness (QED) is 0.277. The molecule has 0 spiro atoms. The molecule has 0 unspecified atom stereocenters. The molecule has 2 heteroatoms. The highest BCUT2D eigenvalue weighted by Crippen LogP contribution is 2.40. The lowest BCUT2D eigenvalue weighted by Gasteiger charge is -2.32. The second-order valence-corrected chi connectivity index (χ2v) is 11.0. The predicted molar refractivity (Wildman–Crippen MR) is 142 cm³/mol. The maximum atomic E-state index is 14.8. The van der Waals surface area contributed by atoms with Gasteiger partial charge in [-0.1, -0.05) is 74.1 Å². The Hall–Kier alpha value is -2.40. The zero-order valence-corrected chi connectivity index (χ0v) is 21.3. The number of halogens is 2. The predicted octanol–water partition coefficient (Wildman–Crippen LogP) is 9.50. The lowest BCUT2D eigenvalue weighted by Crippen LogP contribution is -2.18. The summed E-state index contributed by atoms with van der Waals surface area (Å²) in [4.78, 5) is 0. The van der Waals surface area contributed by atoms with Crippen LogP contribution in [0, 0.1) is 48.2 Å². The van der Waals surface area contributed by atoms with Gasteiger partial charge in [0.1, 0.15) is 11.6 Å². The fraction of sp³-hybridized carbons (Fsp3) is 0.515. The molecular weight excluding hydrogens is 434 g/mol. The lowest BCUT2D eigenvalue weighted by atomic mass is 9.74. The third kappa shape index (κ3) is 7.30. The third-order valence-corrected chi connectivity index (χ3v) is 8.49. The first-order valence-electron chi connectivity index (χ1n) is 13.7. The first kappa shape index (κ1) is 25.7. The minimum Gasteiger partial charge on any atom is -0.206 e. The molecule has 0 aliphatic heterocycles. The average Bonchev–Trinajstić information content (AvgIpc) is 2.87. The molecule has 2 aromatic rings. The zero-order valence-electron chi connectivity index (χ0n) is 21.3. The van der Waals surface area contributed by atoms with Gasteiger partial charge in [-0.05, 0) is 98.9 Å². The first-order chi connectivity index (χ1) is 17.0. The minimum absolute atomic E-state index is 0.123. The molecule has 0 nitrogen and oxygen atoms in total. The Labute approximate surface area is 211 Å². The summed E-state index contributed by atoms with van der Waals surface area (Å²) in [5, 5.41) is 0. The van der Waals surface area contributed by atoms with Gasteiger partial charge in [-0.2, -0.15) is 0 Å². The van der Waals surface area contributed by atoms with E-state index in [2.05, 4.69) is 24.5 Å². The van der Waals surface area contributed by atoms with Crippen molar-refractivity contribution in [2.75, 3.05) is 0 Å². The summed E-state index contributed by atoms with van der Waals surface area (Å²) in [6, 6.07) is 10.7. The summed E-state index contributed by atoms with van der Waals surface area (Å²) in [5.41, 5.74) is 2.57. The van der Waals surface area contributed by atoms with Crippen molar-refractivity contribution in [3.63, 3.8) is 0 Å². The number of aryl methyl sites for hydroxylation is 1. The standard InChI is InChI=1S/C33H40F2/c1-3-4-5-25-10-12-27(13-11-25)14-15-28-16-19-29(20-17-28)30-22-32(34)31(33(35)23-30)21-18-26-8-6-24(2)7-9-26/h3,6-9,22-23,25,27-29H,1,4-5,10-17,19-20H2,2H3. The molecule has 2 aliphatic carbocycles.